The smallest absolute Gasteiger partial charge is 0.410 e. The van der Waals surface area contributed by atoms with Crippen LogP contribution < -0.4 is 0 Å². The standard InChI is InChI=1S/C17H23Cl2NO3S/c1-5-6-17(13(21)12-9-11(18)14(19)24-12)7-8-20(10-17)15(22)23-16(2,3)4/h9H,5-8,10H2,1-4H3. The zero-order valence-electron chi connectivity index (χ0n) is 14.4. The first kappa shape index (κ1) is 19.5. The first-order valence-corrected chi connectivity index (χ1v) is 9.63. The number of Topliss-reactive ketones (excluding diaryl/α,β-unsaturated/α-hetero) is 1. The Morgan fingerprint density at radius 3 is 2.54 bits per heavy atom. The molecular weight excluding hydrogens is 369 g/mol. The largest absolute Gasteiger partial charge is 0.444 e. The van der Waals surface area contributed by atoms with Gasteiger partial charge in [0.1, 0.15) is 9.94 Å². The molecule has 1 aromatic rings. The van der Waals surface area contributed by atoms with Gasteiger partial charge in [0, 0.05) is 13.1 Å². The van der Waals surface area contributed by atoms with Gasteiger partial charge in [-0.1, -0.05) is 36.5 Å². The fraction of sp³-hybridized carbons (Fsp3) is 0.647. The van der Waals surface area contributed by atoms with E-state index in [-0.39, 0.29) is 11.9 Å². The highest BCUT2D eigenvalue weighted by molar-refractivity contribution is 7.18. The third-order valence-electron chi connectivity index (χ3n) is 4.08. The molecule has 2 rings (SSSR count). The van der Waals surface area contributed by atoms with E-state index in [1.807, 2.05) is 27.7 Å². The third-order valence-corrected chi connectivity index (χ3v) is 5.95. The molecule has 0 aromatic carbocycles. The quantitative estimate of drug-likeness (QED) is 0.621. The highest BCUT2D eigenvalue weighted by Gasteiger charge is 2.46. The number of amides is 1. The Morgan fingerprint density at radius 2 is 2.04 bits per heavy atom. The van der Waals surface area contributed by atoms with Gasteiger partial charge in [-0.05, 0) is 39.7 Å². The van der Waals surface area contributed by atoms with Gasteiger partial charge in [-0.25, -0.2) is 4.79 Å². The van der Waals surface area contributed by atoms with Crippen LogP contribution in [-0.2, 0) is 4.74 Å². The first-order valence-electron chi connectivity index (χ1n) is 8.05. The lowest BCUT2D eigenvalue weighted by atomic mass is 9.78. The Balaban J connectivity index is 2.20. The maximum absolute atomic E-state index is 13.1. The van der Waals surface area contributed by atoms with Crippen molar-refractivity contribution in [2.75, 3.05) is 13.1 Å². The van der Waals surface area contributed by atoms with Crippen molar-refractivity contribution in [2.24, 2.45) is 5.41 Å². The number of ketones is 1. The van der Waals surface area contributed by atoms with E-state index in [1.165, 1.54) is 11.3 Å². The number of carbonyl (C=O) groups is 2. The van der Waals surface area contributed by atoms with E-state index in [4.69, 9.17) is 27.9 Å². The Kier molecular flexibility index (Phi) is 5.88. The number of ether oxygens (including phenoxy) is 1. The summed E-state index contributed by atoms with van der Waals surface area (Å²) in [5.41, 5.74) is -1.13. The predicted molar refractivity (Wildman–Crippen MR) is 98.4 cm³/mol. The van der Waals surface area contributed by atoms with Gasteiger partial charge in [0.2, 0.25) is 0 Å². The van der Waals surface area contributed by atoms with Crippen LogP contribution in [0.25, 0.3) is 0 Å². The molecule has 7 heteroatoms. The third kappa shape index (κ3) is 4.24. The summed E-state index contributed by atoms with van der Waals surface area (Å²) in [6.07, 6.45) is 1.85. The fourth-order valence-electron chi connectivity index (χ4n) is 3.06. The van der Waals surface area contributed by atoms with Gasteiger partial charge in [0.15, 0.2) is 5.78 Å². The number of carbonyl (C=O) groups excluding carboxylic acids is 2. The predicted octanol–water partition coefficient (Wildman–Crippen LogP) is 5.66. The van der Waals surface area contributed by atoms with Crippen molar-refractivity contribution in [3.05, 3.63) is 20.3 Å². The number of rotatable bonds is 4. The summed E-state index contributed by atoms with van der Waals surface area (Å²) in [6.45, 7) is 8.44. The Labute approximate surface area is 157 Å². The number of hydrogen-bond acceptors (Lipinski definition) is 4. The maximum Gasteiger partial charge on any atom is 0.410 e. The molecule has 0 radical (unpaired) electrons. The molecule has 1 aromatic heterocycles. The van der Waals surface area contributed by atoms with Crippen molar-refractivity contribution in [3.8, 4) is 0 Å². The van der Waals surface area contributed by atoms with Crippen LogP contribution in [0.5, 0.6) is 0 Å². The summed E-state index contributed by atoms with van der Waals surface area (Å²) in [7, 11) is 0. The molecular formula is C17H23Cl2NO3S. The summed E-state index contributed by atoms with van der Waals surface area (Å²) in [4.78, 5) is 27.6. The monoisotopic (exact) mass is 391 g/mol. The molecule has 24 heavy (non-hydrogen) atoms. The molecule has 0 saturated carbocycles. The van der Waals surface area contributed by atoms with E-state index in [0.717, 1.165) is 12.8 Å². The van der Waals surface area contributed by atoms with Gasteiger partial charge >= 0.3 is 6.09 Å². The average Bonchev–Trinajstić information content (AvgIpc) is 3.03. The summed E-state index contributed by atoms with van der Waals surface area (Å²) in [5.74, 6) is 0.0224. The molecule has 1 aliphatic heterocycles. The number of hydrogen-bond donors (Lipinski definition) is 0. The molecule has 0 bridgehead atoms. The molecule has 134 valence electrons. The summed E-state index contributed by atoms with van der Waals surface area (Å²) >= 11 is 13.2. The van der Waals surface area contributed by atoms with Gasteiger partial charge in [-0.15, -0.1) is 11.3 Å². The van der Waals surface area contributed by atoms with Crippen molar-refractivity contribution in [1.29, 1.82) is 0 Å². The van der Waals surface area contributed by atoms with E-state index < -0.39 is 11.0 Å². The average molecular weight is 392 g/mol. The van der Waals surface area contributed by atoms with Gasteiger partial charge < -0.3 is 9.64 Å². The van der Waals surface area contributed by atoms with Crippen LogP contribution >= 0.6 is 34.5 Å². The van der Waals surface area contributed by atoms with Crippen LogP contribution in [0.1, 0.15) is 56.6 Å². The van der Waals surface area contributed by atoms with E-state index in [2.05, 4.69) is 0 Å². The second kappa shape index (κ2) is 7.22. The van der Waals surface area contributed by atoms with Crippen LogP contribution in [0.2, 0.25) is 9.36 Å². The van der Waals surface area contributed by atoms with Crippen molar-refractivity contribution in [1.82, 2.24) is 4.90 Å². The topological polar surface area (TPSA) is 46.6 Å². The van der Waals surface area contributed by atoms with Crippen LogP contribution in [0.4, 0.5) is 4.79 Å². The van der Waals surface area contributed by atoms with E-state index >= 15 is 0 Å². The molecule has 1 aliphatic rings. The SMILES string of the molecule is CCCC1(C(=O)c2cc(Cl)c(Cl)s2)CCN(C(=O)OC(C)(C)C)C1. The molecule has 1 saturated heterocycles. The van der Waals surface area contributed by atoms with Crippen molar-refractivity contribution < 1.29 is 14.3 Å². The Morgan fingerprint density at radius 1 is 1.38 bits per heavy atom. The molecule has 1 amide bonds. The van der Waals surface area contributed by atoms with Gasteiger partial charge in [-0.3, -0.25) is 4.79 Å². The second-order valence-corrected chi connectivity index (χ2v) is 9.31. The van der Waals surface area contributed by atoms with E-state index in [1.54, 1.807) is 11.0 Å². The van der Waals surface area contributed by atoms with E-state index in [0.29, 0.717) is 33.7 Å². The summed E-state index contributed by atoms with van der Waals surface area (Å²) < 4.78 is 5.86. The summed E-state index contributed by atoms with van der Waals surface area (Å²) in [5, 5.41) is 0.402. The van der Waals surface area contributed by atoms with Crippen molar-refractivity contribution >= 4 is 46.4 Å². The van der Waals surface area contributed by atoms with Crippen molar-refractivity contribution in [3.63, 3.8) is 0 Å². The van der Waals surface area contributed by atoms with Gasteiger partial charge in [0.05, 0.1) is 15.3 Å². The normalized spacial score (nSPS) is 21.2. The van der Waals surface area contributed by atoms with Crippen molar-refractivity contribution in [2.45, 2.75) is 52.6 Å². The molecule has 1 fully saturated rings. The molecule has 0 spiro atoms. The maximum atomic E-state index is 13.1. The number of thiophene rings is 1. The number of halogens is 2. The lowest BCUT2D eigenvalue weighted by Gasteiger charge is -2.28. The highest BCUT2D eigenvalue weighted by Crippen LogP contribution is 2.42. The number of likely N-dealkylation sites (tertiary alicyclic amines) is 1. The minimum absolute atomic E-state index is 0.0224. The molecule has 4 nitrogen and oxygen atoms in total. The minimum atomic E-state index is -0.580. The van der Waals surface area contributed by atoms with Crippen LogP contribution in [0.15, 0.2) is 6.07 Å². The lowest BCUT2D eigenvalue weighted by Crippen LogP contribution is -2.39. The van der Waals surface area contributed by atoms with Gasteiger partial charge in [0.25, 0.3) is 0 Å². The van der Waals surface area contributed by atoms with Crippen LogP contribution in [0, 0.1) is 5.41 Å². The molecule has 0 N–H and O–H groups in total. The van der Waals surface area contributed by atoms with E-state index in [9.17, 15) is 9.59 Å². The first-order chi connectivity index (χ1) is 11.1. The molecule has 2 heterocycles. The lowest BCUT2D eigenvalue weighted by molar-refractivity contribution is 0.0272. The Bertz CT molecular complexity index is 619. The summed E-state index contributed by atoms with van der Waals surface area (Å²) in [6, 6.07) is 1.63. The zero-order chi connectivity index (χ0) is 18.1. The highest BCUT2D eigenvalue weighted by atomic mass is 35.5. The van der Waals surface area contributed by atoms with Crippen LogP contribution in [-0.4, -0.2) is 35.5 Å². The fourth-order valence-corrected chi connectivity index (χ4v) is 4.48. The molecule has 1 unspecified atom stereocenters. The van der Waals surface area contributed by atoms with Crippen LogP contribution in [0.3, 0.4) is 0 Å². The molecule has 1 atom stereocenters. The van der Waals surface area contributed by atoms with Gasteiger partial charge in [-0.2, -0.15) is 0 Å². The molecule has 0 aliphatic carbocycles. The second-order valence-electron chi connectivity index (χ2n) is 7.24. The Hall–Kier alpha value is -0.780. The minimum Gasteiger partial charge on any atom is -0.444 e. The zero-order valence-corrected chi connectivity index (χ0v) is 16.8. The number of nitrogens with zero attached hydrogens (tertiary/aromatic N) is 1.